The molecule has 0 aliphatic heterocycles. The van der Waals surface area contributed by atoms with Gasteiger partial charge < -0.3 is 15.2 Å². The molecule has 134 valence electrons. The summed E-state index contributed by atoms with van der Waals surface area (Å²) in [5, 5.41) is 15.0. The minimum atomic E-state index is 0. The molecule has 0 bridgehead atoms. The van der Waals surface area contributed by atoms with Gasteiger partial charge >= 0.3 is 0 Å². The number of nitrogens with one attached hydrogen (secondary N) is 2. The lowest BCUT2D eigenvalue weighted by molar-refractivity contribution is 0.697. The molecule has 2 N–H and O–H groups in total. The number of rotatable bonds is 10. The van der Waals surface area contributed by atoms with Crippen molar-refractivity contribution < 1.29 is 0 Å². The standard InChI is InChI=1S/C15H30N6S.HI/c1-5-6-9-16-15(17-10-7-8-11-22-4)18-12-14-20-19-13(2)21(14)3;/h5-12H2,1-4H3,(H2,16,17,18);1H. The van der Waals surface area contributed by atoms with Crippen molar-refractivity contribution in [2.45, 2.75) is 46.1 Å². The molecule has 0 spiro atoms. The summed E-state index contributed by atoms with van der Waals surface area (Å²) in [6, 6.07) is 0. The fourth-order valence-corrected chi connectivity index (χ4v) is 2.37. The highest BCUT2D eigenvalue weighted by molar-refractivity contribution is 14.0. The molecular formula is C15H31IN6S. The SMILES string of the molecule is CCCCNC(=NCc1nnc(C)n1C)NCCCCSC.I. The van der Waals surface area contributed by atoms with E-state index in [1.165, 1.54) is 25.0 Å². The molecule has 0 fully saturated rings. The zero-order valence-electron chi connectivity index (χ0n) is 14.8. The summed E-state index contributed by atoms with van der Waals surface area (Å²) in [4.78, 5) is 4.62. The number of halogens is 1. The van der Waals surface area contributed by atoms with E-state index in [1.807, 2.05) is 30.3 Å². The number of unbranched alkanes of at least 4 members (excludes halogenated alkanes) is 2. The number of hydrogen-bond donors (Lipinski definition) is 2. The van der Waals surface area contributed by atoms with Crippen LogP contribution in [0.2, 0.25) is 0 Å². The predicted molar refractivity (Wildman–Crippen MR) is 111 cm³/mol. The molecule has 0 aliphatic carbocycles. The van der Waals surface area contributed by atoms with E-state index in [0.717, 1.165) is 37.1 Å². The maximum Gasteiger partial charge on any atom is 0.191 e. The summed E-state index contributed by atoms with van der Waals surface area (Å²) < 4.78 is 1.98. The average molecular weight is 454 g/mol. The Hall–Kier alpha value is -0.510. The van der Waals surface area contributed by atoms with E-state index in [1.54, 1.807) is 0 Å². The molecule has 1 aromatic heterocycles. The molecule has 1 heterocycles. The Morgan fingerprint density at radius 1 is 1.17 bits per heavy atom. The third-order valence-corrected chi connectivity index (χ3v) is 4.15. The van der Waals surface area contributed by atoms with Gasteiger partial charge in [0.25, 0.3) is 0 Å². The number of aromatic nitrogens is 3. The lowest BCUT2D eigenvalue weighted by Crippen LogP contribution is -2.38. The van der Waals surface area contributed by atoms with Gasteiger partial charge in [0.1, 0.15) is 12.4 Å². The van der Waals surface area contributed by atoms with Crippen molar-refractivity contribution in [2.75, 3.05) is 25.1 Å². The van der Waals surface area contributed by atoms with Crippen molar-refractivity contribution in [2.24, 2.45) is 12.0 Å². The fourth-order valence-electron chi connectivity index (χ4n) is 1.87. The third kappa shape index (κ3) is 9.39. The molecule has 6 nitrogen and oxygen atoms in total. The largest absolute Gasteiger partial charge is 0.356 e. The second-order valence-electron chi connectivity index (χ2n) is 5.29. The highest BCUT2D eigenvalue weighted by Crippen LogP contribution is 2.00. The smallest absolute Gasteiger partial charge is 0.191 e. The van der Waals surface area contributed by atoms with Gasteiger partial charge in [0.15, 0.2) is 11.8 Å². The first-order chi connectivity index (χ1) is 10.7. The zero-order chi connectivity index (χ0) is 16.2. The fraction of sp³-hybridized carbons (Fsp3) is 0.800. The summed E-state index contributed by atoms with van der Waals surface area (Å²) in [6.45, 7) is 6.59. The number of hydrogen-bond acceptors (Lipinski definition) is 4. The van der Waals surface area contributed by atoms with Gasteiger partial charge in [0, 0.05) is 20.1 Å². The zero-order valence-corrected chi connectivity index (χ0v) is 17.9. The van der Waals surface area contributed by atoms with E-state index in [4.69, 9.17) is 0 Å². The monoisotopic (exact) mass is 454 g/mol. The molecule has 0 aromatic carbocycles. The van der Waals surface area contributed by atoms with E-state index in [2.05, 4.69) is 39.0 Å². The van der Waals surface area contributed by atoms with Crippen molar-refractivity contribution in [3.63, 3.8) is 0 Å². The first kappa shape index (κ1) is 22.5. The normalized spacial score (nSPS) is 11.2. The third-order valence-electron chi connectivity index (χ3n) is 3.45. The quantitative estimate of drug-likeness (QED) is 0.246. The summed E-state index contributed by atoms with van der Waals surface area (Å²) in [5.41, 5.74) is 0. The topological polar surface area (TPSA) is 67.1 Å². The molecule has 0 atom stereocenters. The van der Waals surface area contributed by atoms with Gasteiger partial charge in [-0.15, -0.1) is 34.2 Å². The van der Waals surface area contributed by atoms with Gasteiger partial charge in [-0.05, 0) is 38.2 Å². The van der Waals surface area contributed by atoms with Gasteiger partial charge in [-0.2, -0.15) is 11.8 Å². The first-order valence-electron chi connectivity index (χ1n) is 8.05. The Labute approximate surface area is 161 Å². The van der Waals surface area contributed by atoms with E-state index in [-0.39, 0.29) is 24.0 Å². The number of nitrogens with zero attached hydrogens (tertiary/aromatic N) is 4. The van der Waals surface area contributed by atoms with Gasteiger partial charge in [0.2, 0.25) is 0 Å². The van der Waals surface area contributed by atoms with Crippen molar-refractivity contribution >= 4 is 41.7 Å². The van der Waals surface area contributed by atoms with E-state index in [9.17, 15) is 0 Å². The van der Waals surface area contributed by atoms with Crippen LogP contribution < -0.4 is 10.6 Å². The summed E-state index contributed by atoms with van der Waals surface area (Å²) in [5.74, 6) is 3.89. The van der Waals surface area contributed by atoms with Gasteiger partial charge in [-0.25, -0.2) is 4.99 Å². The van der Waals surface area contributed by atoms with Crippen LogP contribution in [-0.4, -0.2) is 45.8 Å². The van der Waals surface area contributed by atoms with Gasteiger partial charge in [-0.3, -0.25) is 0 Å². The first-order valence-corrected chi connectivity index (χ1v) is 9.44. The van der Waals surface area contributed by atoms with E-state index < -0.39 is 0 Å². The number of thioether (sulfide) groups is 1. The van der Waals surface area contributed by atoms with Gasteiger partial charge in [-0.1, -0.05) is 13.3 Å². The summed E-state index contributed by atoms with van der Waals surface area (Å²) >= 11 is 1.90. The van der Waals surface area contributed by atoms with Crippen LogP contribution in [0.15, 0.2) is 4.99 Å². The van der Waals surface area contributed by atoms with E-state index >= 15 is 0 Å². The molecule has 1 rings (SSSR count). The van der Waals surface area contributed by atoms with Crippen LogP contribution in [0.25, 0.3) is 0 Å². The second kappa shape index (κ2) is 13.9. The highest BCUT2D eigenvalue weighted by atomic mass is 127. The Kier molecular flexibility index (Phi) is 13.6. The lowest BCUT2D eigenvalue weighted by Gasteiger charge is -2.12. The molecule has 0 saturated carbocycles. The highest BCUT2D eigenvalue weighted by Gasteiger charge is 2.04. The van der Waals surface area contributed by atoms with Crippen LogP contribution in [0, 0.1) is 6.92 Å². The molecular weight excluding hydrogens is 423 g/mol. The number of aryl methyl sites for hydroxylation is 1. The molecule has 8 heteroatoms. The van der Waals surface area contributed by atoms with Crippen LogP contribution in [0.3, 0.4) is 0 Å². The molecule has 0 saturated heterocycles. The van der Waals surface area contributed by atoms with Crippen LogP contribution in [0.5, 0.6) is 0 Å². The summed E-state index contributed by atoms with van der Waals surface area (Å²) in [7, 11) is 1.97. The maximum absolute atomic E-state index is 4.62. The van der Waals surface area contributed by atoms with Crippen LogP contribution in [0.4, 0.5) is 0 Å². The molecule has 1 aromatic rings. The Morgan fingerprint density at radius 3 is 2.43 bits per heavy atom. The molecule has 23 heavy (non-hydrogen) atoms. The van der Waals surface area contributed by atoms with Gasteiger partial charge in [0.05, 0.1) is 0 Å². The second-order valence-corrected chi connectivity index (χ2v) is 6.28. The Bertz CT molecular complexity index is 449. The van der Waals surface area contributed by atoms with Crippen LogP contribution in [0.1, 0.15) is 44.3 Å². The lowest BCUT2D eigenvalue weighted by atomic mass is 10.3. The maximum atomic E-state index is 4.62. The molecule has 0 unspecified atom stereocenters. The van der Waals surface area contributed by atoms with Crippen molar-refractivity contribution in [1.82, 2.24) is 25.4 Å². The Balaban J connectivity index is 0.00000484. The average Bonchev–Trinajstić information content (AvgIpc) is 2.83. The molecule has 0 aliphatic rings. The van der Waals surface area contributed by atoms with Crippen molar-refractivity contribution in [3.05, 3.63) is 11.6 Å². The Morgan fingerprint density at radius 2 is 1.87 bits per heavy atom. The van der Waals surface area contributed by atoms with Crippen molar-refractivity contribution in [3.8, 4) is 0 Å². The summed E-state index contributed by atoms with van der Waals surface area (Å²) in [6.07, 6.45) is 6.87. The van der Waals surface area contributed by atoms with Crippen LogP contribution >= 0.6 is 35.7 Å². The van der Waals surface area contributed by atoms with Crippen molar-refractivity contribution in [1.29, 1.82) is 0 Å². The van der Waals surface area contributed by atoms with Crippen LogP contribution in [-0.2, 0) is 13.6 Å². The van der Waals surface area contributed by atoms with E-state index in [0.29, 0.717) is 6.54 Å². The molecule has 0 radical (unpaired) electrons. The number of guanidine groups is 1. The minimum Gasteiger partial charge on any atom is -0.356 e. The number of aliphatic imine (C=N–C) groups is 1. The molecule has 0 amide bonds. The predicted octanol–water partition coefficient (Wildman–Crippen LogP) is 2.72. The minimum absolute atomic E-state index is 0.